The van der Waals surface area contributed by atoms with Crippen LogP contribution in [0.15, 0.2) is 36.7 Å². The number of hydrogen-bond donors (Lipinski definition) is 1. The summed E-state index contributed by atoms with van der Waals surface area (Å²) in [6.07, 6.45) is 3.80. The number of aryl methyl sites for hydroxylation is 1. The largest absolute Gasteiger partial charge is 0.367 e. The first-order valence-corrected chi connectivity index (χ1v) is 6.11. The second-order valence-electron chi connectivity index (χ2n) is 4.51. The fourth-order valence-corrected chi connectivity index (χ4v) is 1.92. The zero-order valence-corrected chi connectivity index (χ0v) is 11.2. The molecule has 1 heterocycles. The summed E-state index contributed by atoms with van der Waals surface area (Å²) in [4.78, 5) is 6.54. The van der Waals surface area contributed by atoms with Gasteiger partial charge in [-0.15, -0.1) is 0 Å². The first-order valence-electron chi connectivity index (χ1n) is 6.11. The van der Waals surface area contributed by atoms with Crippen LogP contribution in [0.1, 0.15) is 11.4 Å². The Kier molecular flexibility index (Phi) is 3.99. The zero-order valence-electron chi connectivity index (χ0n) is 11.2. The summed E-state index contributed by atoms with van der Waals surface area (Å²) in [5.41, 5.74) is 2.50. The number of rotatable bonds is 5. The van der Waals surface area contributed by atoms with Crippen LogP contribution in [0.2, 0.25) is 0 Å². The highest BCUT2D eigenvalue weighted by atomic mass is 15.2. The molecule has 4 nitrogen and oxygen atoms in total. The summed E-state index contributed by atoms with van der Waals surface area (Å²) >= 11 is 0. The Morgan fingerprint density at radius 3 is 2.56 bits per heavy atom. The lowest BCUT2D eigenvalue weighted by Gasteiger charge is -2.19. The van der Waals surface area contributed by atoms with Crippen LogP contribution >= 0.6 is 0 Å². The van der Waals surface area contributed by atoms with Gasteiger partial charge in [-0.25, -0.2) is 4.98 Å². The monoisotopic (exact) mass is 244 g/mol. The van der Waals surface area contributed by atoms with E-state index in [1.54, 1.807) is 0 Å². The summed E-state index contributed by atoms with van der Waals surface area (Å²) in [5.74, 6) is 1.07. The van der Waals surface area contributed by atoms with Gasteiger partial charge in [0.2, 0.25) is 0 Å². The van der Waals surface area contributed by atoms with Crippen LogP contribution in [0.5, 0.6) is 0 Å². The fraction of sp³-hybridized carbons (Fsp3) is 0.357. The molecule has 0 bridgehead atoms. The molecule has 0 saturated heterocycles. The number of hydrogen-bond acceptors (Lipinski definition) is 3. The molecule has 0 amide bonds. The van der Waals surface area contributed by atoms with Crippen molar-refractivity contribution in [3.05, 3.63) is 48.0 Å². The van der Waals surface area contributed by atoms with Crippen molar-refractivity contribution in [1.29, 1.82) is 0 Å². The highest BCUT2D eigenvalue weighted by Gasteiger charge is 2.05. The van der Waals surface area contributed by atoms with Gasteiger partial charge >= 0.3 is 0 Å². The Hall–Kier alpha value is -1.81. The third kappa shape index (κ3) is 2.90. The minimum Gasteiger partial charge on any atom is -0.367 e. The van der Waals surface area contributed by atoms with Crippen LogP contribution < -0.4 is 10.2 Å². The van der Waals surface area contributed by atoms with Crippen LogP contribution in [0.3, 0.4) is 0 Å². The van der Waals surface area contributed by atoms with E-state index in [1.165, 1.54) is 11.3 Å². The molecule has 4 heteroatoms. The van der Waals surface area contributed by atoms with Gasteiger partial charge in [0.05, 0.1) is 6.54 Å². The number of nitrogens with one attached hydrogen (secondary N) is 1. The molecule has 0 aliphatic rings. The first-order chi connectivity index (χ1) is 8.70. The molecule has 96 valence electrons. The second kappa shape index (κ2) is 5.69. The van der Waals surface area contributed by atoms with Gasteiger partial charge < -0.3 is 14.8 Å². The molecule has 1 N–H and O–H groups in total. The molecule has 1 aromatic heterocycles. The standard InChI is InChI=1S/C14H20N4/c1-15-10-12-4-6-13(7-5-12)18(3)11-14-16-8-9-17(14)2/h4-9,15H,10-11H2,1-3H3. The van der Waals surface area contributed by atoms with E-state index in [0.717, 1.165) is 18.9 Å². The minimum atomic E-state index is 0.814. The van der Waals surface area contributed by atoms with Crippen molar-refractivity contribution in [3.63, 3.8) is 0 Å². The van der Waals surface area contributed by atoms with Crippen LogP contribution in [-0.4, -0.2) is 23.6 Å². The van der Waals surface area contributed by atoms with Gasteiger partial charge in [-0.1, -0.05) is 12.1 Å². The smallest absolute Gasteiger partial charge is 0.127 e. The Bertz CT molecular complexity index is 487. The van der Waals surface area contributed by atoms with Crippen molar-refractivity contribution in [2.24, 2.45) is 7.05 Å². The predicted octanol–water partition coefficient (Wildman–Crippen LogP) is 1.78. The molecule has 0 radical (unpaired) electrons. The molecule has 0 fully saturated rings. The van der Waals surface area contributed by atoms with Gasteiger partial charge in [0.1, 0.15) is 5.82 Å². The topological polar surface area (TPSA) is 33.1 Å². The summed E-state index contributed by atoms with van der Waals surface area (Å²) in [7, 11) is 6.06. The van der Waals surface area contributed by atoms with E-state index in [0.29, 0.717) is 0 Å². The number of aromatic nitrogens is 2. The molecule has 1 aromatic carbocycles. The highest BCUT2D eigenvalue weighted by molar-refractivity contribution is 5.46. The van der Waals surface area contributed by atoms with E-state index < -0.39 is 0 Å². The quantitative estimate of drug-likeness (QED) is 0.870. The van der Waals surface area contributed by atoms with Crippen molar-refractivity contribution >= 4 is 5.69 Å². The molecular formula is C14H20N4. The summed E-state index contributed by atoms with van der Waals surface area (Å²) in [6.45, 7) is 1.72. The molecule has 0 aliphatic heterocycles. The molecule has 0 atom stereocenters. The first kappa shape index (κ1) is 12.6. The zero-order chi connectivity index (χ0) is 13.0. The van der Waals surface area contributed by atoms with E-state index in [1.807, 2.05) is 31.1 Å². The van der Waals surface area contributed by atoms with Gasteiger partial charge in [-0.2, -0.15) is 0 Å². The van der Waals surface area contributed by atoms with Gasteiger partial charge in [0.15, 0.2) is 0 Å². The summed E-state index contributed by atoms with van der Waals surface area (Å²) < 4.78 is 2.05. The van der Waals surface area contributed by atoms with Crippen molar-refractivity contribution in [3.8, 4) is 0 Å². The Morgan fingerprint density at radius 2 is 2.00 bits per heavy atom. The highest BCUT2D eigenvalue weighted by Crippen LogP contribution is 2.15. The average molecular weight is 244 g/mol. The van der Waals surface area contributed by atoms with Crippen LogP contribution in [0, 0.1) is 0 Å². The molecular weight excluding hydrogens is 224 g/mol. The number of imidazole rings is 1. The Labute approximate surface area is 108 Å². The van der Waals surface area contributed by atoms with Gasteiger partial charge in [-0.05, 0) is 24.7 Å². The Balaban J connectivity index is 2.04. The molecule has 0 unspecified atom stereocenters. The average Bonchev–Trinajstić information content (AvgIpc) is 2.76. The van der Waals surface area contributed by atoms with Crippen LogP contribution in [0.25, 0.3) is 0 Å². The van der Waals surface area contributed by atoms with Gasteiger partial charge in [-0.3, -0.25) is 0 Å². The molecule has 0 saturated carbocycles. The van der Waals surface area contributed by atoms with Crippen molar-refractivity contribution in [2.45, 2.75) is 13.1 Å². The molecule has 0 aliphatic carbocycles. The number of nitrogens with zero attached hydrogens (tertiary/aromatic N) is 3. The van der Waals surface area contributed by atoms with E-state index in [9.17, 15) is 0 Å². The number of anilines is 1. The summed E-state index contributed by atoms with van der Waals surface area (Å²) in [6, 6.07) is 8.60. The van der Waals surface area contributed by atoms with Gasteiger partial charge in [0.25, 0.3) is 0 Å². The summed E-state index contributed by atoms with van der Waals surface area (Å²) in [5, 5.41) is 3.15. The SMILES string of the molecule is CNCc1ccc(N(C)Cc2nccn2C)cc1. The molecule has 18 heavy (non-hydrogen) atoms. The second-order valence-corrected chi connectivity index (χ2v) is 4.51. The maximum atomic E-state index is 4.34. The maximum Gasteiger partial charge on any atom is 0.127 e. The van der Waals surface area contributed by atoms with E-state index >= 15 is 0 Å². The lowest BCUT2D eigenvalue weighted by atomic mass is 10.2. The van der Waals surface area contributed by atoms with E-state index in [4.69, 9.17) is 0 Å². The minimum absolute atomic E-state index is 0.814. The van der Waals surface area contributed by atoms with E-state index in [-0.39, 0.29) is 0 Å². The molecule has 0 spiro atoms. The fourth-order valence-electron chi connectivity index (χ4n) is 1.92. The Morgan fingerprint density at radius 1 is 1.28 bits per heavy atom. The molecule has 2 rings (SSSR count). The van der Waals surface area contributed by atoms with Crippen molar-refractivity contribution < 1.29 is 0 Å². The lowest BCUT2D eigenvalue weighted by Crippen LogP contribution is -2.19. The molecule has 2 aromatic rings. The normalized spacial score (nSPS) is 10.6. The van der Waals surface area contributed by atoms with Crippen LogP contribution in [0.4, 0.5) is 5.69 Å². The third-order valence-electron chi connectivity index (χ3n) is 3.06. The van der Waals surface area contributed by atoms with Crippen molar-refractivity contribution in [1.82, 2.24) is 14.9 Å². The van der Waals surface area contributed by atoms with Crippen LogP contribution in [-0.2, 0) is 20.1 Å². The third-order valence-corrected chi connectivity index (χ3v) is 3.06. The predicted molar refractivity (Wildman–Crippen MR) is 74.5 cm³/mol. The van der Waals surface area contributed by atoms with Crippen molar-refractivity contribution in [2.75, 3.05) is 19.0 Å². The van der Waals surface area contributed by atoms with Gasteiger partial charge in [0, 0.05) is 38.7 Å². The maximum absolute atomic E-state index is 4.34. The number of benzene rings is 1. The van der Waals surface area contributed by atoms with E-state index in [2.05, 4.69) is 46.5 Å². The lowest BCUT2D eigenvalue weighted by molar-refractivity contribution is 0.761.